The topological polar surface area (TPSA) is 28.7 Å². The number of halogens is 2. The van der Waals surface area contributed by atoms with Gasteiger partial charge in [0.25, 0.3) is 0 Å². The number of nitrogens with one attached hydrogen (secondary N) is 1. The Bertz CT molecular complexity index is 818. The molecule has 132 valence electrons. The second kappa shape index (κ2) is 8.07. The smallest absolute Gasteiger partial charge is 0.138 e. The highest BCUT2D eigenvalue weighted by Crippen LogP contribution is 2.36. The van der Waals surface area contributed by atoms with Gasteiger partial charge in [-0.1, -0.05) is 73.5 Å². The Morgan fingerprint density at radius 3 is 1.80 bits per heavy atom. The minimum Gasteiger partial charge on any atom is -0.340 e. The standard InChI is InChI=1S/C21H23ClN2.ClH/c1-13(2)18(22)20-19(16-9-5-14(3)6-10-16)23-21(24-20)17-11-7-15(4)8-12-17;/h5-13,18H,1-4H3,(H,23,24);1H. The van der Waals surface area contributed by atoms with Gasteiger partial charge in [-0.15, -0.1) is 24.0 Å². The second-order valence-corrected chi connectivity index (χ2v) is 7.20. The Morgan fingerprint density at radius 1 is 0.840 bits per heavy atom. The molecule has 0 amide bonds. The number of nitrogens with zero attached hydrogens (tertiary/aromatic N) is 1. The van der Waals surface area contributed by atoms with Crippen molar-refractivity contribution in [2.75, 3.05) is 0 Å². The molecule has 0 radical (unpaired) electrons. The van der Waals surface area contributed by atoms with Crippen LogP contribution in [0.1, 0.15) is 36.0 Å². The second-order valence-electron chi connectivity index (χ2n) is 6.73. The van der Waals surface area contributed by atoms with Crippen LogP contribution in [-0.4, -0.2) is 9.97 Å². The summed E-state index contributed by atoms with van der Waals surface area (Å²) in [5.41, 5.74) is 6.58. The van der Waals surface area contributed by atoms with Crippen molar-refractivity contribution in [3.63, 3.8) is 0 Å². The molecular weight excluding hydrogens is 351 g/mol. The van der Waals surface area contributed by atoms with Gasteiger partial charge in [0.1, 0.15) is 5.82 Å². The van der Waals surface area contributed by atoms with Gasteiger partial charge in [-0.2, -0.15) is 0 Å². The molecule has 0 aliphatic heterocycles. The summed E-state index contributed by atoms with van der Waals surface area (Å²) in [7, 11) is 0. The maximum atomic E-state index is 6.68. The zero-order valence-electron chi connectivity index (χ0n) is 15.0. The van der Waals surface area contributed by atoms with Crippen LogP contribution in [0.5, 0.6) is 0 Å². The molecule has 0 saturated heterocycles. The molecular formula is C21H24Cl2N2. The number of hydrogen-bond acceptors (Lipinski definition) is 1. The van der Waals surface area contributed by atoms with Crippen LogP contribution in [0.25, 0.3) is 22.6 Å². The largest absolute Gasteiger partial charge is 0.340 e. The number of hydrogen-bond donors (Lipinski definition) is 1. The van der Waals surface area contributed by atoms with Gasteiger partial charge in [0.2, 0.25) is 0 Å². The maximum Gasteiger partial charge on any atom is 0.138 e. The lowest BCUT2D eigenvalue weighted by Crippen LogP contribution is -2.01. The molecule has 1 atom stereocenters. The first-order chi connectivity index (χ1) is 11.5. The number of benzene rings is 2. The summed E-state index contributed by atoms with van der Waals surface area (Å²) in [5, 5.41) is -0.104. The lowest BCUT2D eigenvalue weighted by Gasteiger charge is -2.13. The number of imidazole rings is 1. The number of aromatic nitrogens is 2. The van der Waals surface area contributed by atoms with E-state index in [2.05, 4.69) is 81.2 Å². The Hall–Kier alpha value is -1.77. The predicted molar refractivity (Wildman–Crippen MR) is 110 cm³/mol. The first-order valence-electron chi connectivity index (χ1n) is 8.33. The van der Waals surface area contributed by atoms with Crippen molar-refractivity contribution in [3.05, 3.63) is 65.4 Å². The third-order valence-electron chi connectivity index (χ3n) is 4.24. The molecule has 0 spiro atoms. The molecule has 0 saturated carbocycles. The molecule has 0 bridgehead atoms. The zero-order valence-corrected chi connectivity index (χ0v) is 16.6. The fourth-order valence-electron chi connectivity index (χ4n) is 2.70. The summed E-state index contributed by atoms with van der Waals surface area (Å²) in [5.74, 6) is 1.19. The SMILES string of the molecule is Cc1ccc(-c2nc(-c3ccc(C)cc3)c(C(Cl)C(C)C)[nH]2)cc1.Cl. The molecule has 3 rings (SSSR count). The number of aryl methyl sites for hydroxylation is 2. The van der Waals surface area contributed by atoms with Gasteiger partial charge in [0.15, 0.2) is 0 Å². The molecule has 0 aliphatic rings. The maximum absolute atomic E-state index is 6.68. The lowest BCUT2D eigenvalue weighted by molar-refractivity contribution is 0.615. The summed E-state index contributed by atoms with van der Waals surface area (Å²) >= 11 is 6.68. The Morgan fingerprint density at radius 2 is 1.32 bits per heavy atom. The van der Waals surface area contributed by atoms with E-state index in [-0.39, 0.29) is 17.8 Å². The van der Waals surface area contributed by atoms with Gasteiger partial charge in [0.05, 0.1) is 16.8 Å². The van der Waals surface area contributed by atoms with Gasteiger partial charge in [-0.25, -0.2) is 4.98 Å². The molecule has 25 heavy (non-hydrogen) atoms. The summed E-state index contributed by atoms with van der Waals surface area (Å²) in [6.45, 7) is 8.43. The van der Waals surface area contributed by atoms with Crippen LogP contribution in [0.3, 0.4) is 0 Å². The van der Waals surface area contributed by atoms with Crippen LogP contribution < -0.4 is 0 Å². The lowest BCUT2D eigenvalue weighted by atomic mass is 10.0. The molecule has 4 heteroatoms. The van der Waals surface area contributed by atoms with E-state index < -0.39 is 0 Å². The van der Waals surface area contributed by atoms with Crippen molar-refractivity contribution in [2.45, 2.75) is 33.1 Å². The summed E-state index contributed by atoms with van der Waals surface area (Å²) in [6, 6.07) is 16.8. The van der Waals surface area contributed by atoms with Crippen LogP contribution >= 0.6 is 24.0 Å². The Kier molecular flexibility index (Phi) is 6.31. The number of rotatable bonds is 4. The monoisotopic (exact) mass is 374 g/mol. The third kappa shape index (κ3) is 4.26. The van der Waals surface area contributed by atoms with Crippen molar-refractivity contribution in [2.24, 2.45) is 5.92 Å². The van der Waals surface area contributed by atoms with Crippen LogP contribution in [0.4, 0.5) is 0 Å². The van der Waals surface area contributed by atoms with Gasteiger partial charge < -0.3 is 4.98 Å². The van der Waals surface area contributed by atoms with E-state index in [1.165, 1.54) is 11.1 Å². The van der Waals surface area contributed by atoms with Crippen molar-refractivity contribution in [1.29, 1.82) is 0 Å². The van der Waals surface area contributed by atoms with Gasteiger partial charge in [0, 0.05) is 11.1 Å². The predicted octanol–water partition coefficient (Wildman–Crippen LogP) is 6.72. The van der Waals surface area contributed by atoms with E-state index in [0.717, 1.165) is 28.3 Å². The Labute approximate surface area is 161 Å². The molecule has 3 aromatic rings. The molecule has 1 N–H and O–H groups in total. The van der Waals surface area contributed by atoms with E-state index in [9.17, 15) is 0 Å². The molecule has 0 fully saturated rings. The average molecular weight is 375 g/mol. The van der Waals surface area contributed by atoms with Gasteiger partial charge >= 0.3 is 0 Å². The highest BCUT2D eigenvalue weighted by molar-refractivity contribution is 6.21. The van der Waals surface area contributed by atoms with Crippen molar-refractivity contribution in [1.82, 2.24) is 9.97 Å². The molecule has 2 nitrogen and oxygen atoms in total. The highest BCUT2D eigenvalue weighted by atomic mass is 35.5. The van der Waals surface area contributed by atoms with Gasteiger partial charge in [-0.05, 0) is 19.8 Å². The van der Waals surface area contributed by atoms with Crippen molar-refractivity contribution < 1.29 is 0 Å². The summed E-state index contributed by atoms with van der Waals surface area (Å²) in [4.78, 5) is 8.34. The molecule has 1 heterocycles. The minimum absolute atomic E-state index is 0. The molecule has 1 aromatic heterocycles. The first-order valence-corrected chi connectivity index (χ1v) is 8.77. The number of H-pyrrole nitrogens is 1. The quantitative estimate of drug-likeness (QED) is 0.504. The highest BCUT2D eigenvalue weighted by Gasteiger charge is 2.22. The summed E-state index contributed by atoms with van der Waals surface area (Å²) in [6.07, 6.45) is 0. The third-order valence-corrected chi connectivity index (χ3v) is 4.97. The van der Waals surface area contributed by atoms with E-state index in [0.29, 0.717) is 5.92 Å². The van der Waals surface area contributed by atoms with E-state index in [1.807, 2.05) is 0 Å². The van der Waals surface area contributed by atoms with Crippen molar-refractivity contribution >= 4 is 24.0 Å². The number of alkyl halides is 1. The van der Waals surface area contributed by atoms with E-state index in [4.69, 9.17) is 16.6 Å². The van der Waals surface area contributed by atoms with E-state index in [1.54, 1.807) is 0 Å². The Balaban J connectivity index is 0.00000225. The molecule has 0 aliphatic carbocycles. The van der Waals surface area contributed by atoms with Crippen LogP contribution in [0, 0.1) is 19.8 Å². The zero-order chi connectivity index (χ0) is 17.3. The average Bonchev–Trinajstić information content (AvgIpc) is 3.00. The number of aromatic amines is 1. The van der Waals surface area contributed by atoms with Crippen LogP contribution in [-0.2, 0) is 0 Å². The molecule has 1 unspecified atom stereocenters. The first kappa shape index (κ1) is 19.6. The fraction of sp³-hybridized carbons (Fsp3) is 0.286. The molecule has 2 aromatic carbocycles. The van der Waals surface area contributed by atoms with Gasteiger partial charge in [-0.3, -0.25) is 0 Å². The minimum atomic E-state index is -0.104. The van der Waals surface area contributed by atoms with Crippen molar-refractivity contribution in [3.8, 4) is 22.6 Å². The van der Waals surface area contributed by atoms with Crippen LogP contribution in [0.2, 0.25) is 0 Å². The fourth-order valence-corrected chi connectivity index (χ4v) is 2.86. The normalized spacial score (nSPS) is 12.1. The summed E-state index contributed by atoms with van der Waals surface area (Å²) < 4.78 is 0. The van der Waals surface area contributed by atoms with E-state index >= 15 is 0 Å². The van der Waals surface area contributed by atoms with Crippen LogP contribution in [0.15, 0.2) is 48.5 Å².